The Morgan fingerprint density at radius 1 is 1.26 bits per heavy atom. The van der Waals surface area contributed by atoms with Crippen molar-refractivity contribution >= 4 is 49.8 Å². The summed E-state index contributed by atoms with van der Waals surface area (Å²) >= 11 is 2.72. The molecule has 1 amide bonds. The SMILES string of the molecule is COc1ccc(NC(=O)CSc2nnc(NC3CC3)s2)cc1S(=O)(=O)N1CCCCC1. The molecule has 1 aliphatic heterocycles. The molecule has 0 unspecified atom stereocenters. The summed E-state index contributed by atoms with van der Waals surface area (Å²) in [4.78, 5) is 12.5. The highest BCUT2D eigenvalue weighted by molar-refractivity contribution is 8.01. The Hall–Kier alpha value is -1.89. The van der Waals surface area contributed by atoms with Gasteiger partial charge in [-0.05, 0) is 43.9 Å². The van der Waals surface area contributed by atoms with Crippen LogP contribution in [0.5, 0.6) is 5.75 Å². The number of rotatable bonds is 9. The second kappa shape index (κ2) is 9.72. The molecule has 1 aromatic carbocycles. The average Bonchev–Trinajstić information content (AvgIpc) is 3.48. The fourth-order valence-electron chi connectivity index (χ4n) is 3.25. The first-order valence-electron chi connectivity index (χ1n) is 10.2. The van der Waals surface area contributed by atoms with Crippen molar-refractivity contribution in [2.45, 2.75) is 47.4 Å². The number of nitrogens with one attached hydrogen (secondary N) is 2. The fraction of sp³-hybridized carbons (Fsp3) is 0.526. The normalized spacial score (nSPS) is 17.3. The van der Waals surface area contributed by atoms with E-state index in [9.17, 15) is 13.2 Å². The standard InChI is InChI=1S/C19H25N5O4S3/c1-28-15-8-7-14(11-16(15)31(26,27)24-9-3-2-4-10-24)20-17(25)12-29-19-23-22-18(30-19)21-13-5-6-13/h7-8,11,13H,2-6,9-10,12H2,1H3,(H,20,25)(H,21,22). The van der Waals surface area contributed by atoms with E-state index >= 15 is 0 Å². The van der Waals surface area contributed by atoms with E-state index < -0.39 is 10.0 Å². The highest BCUT2D eigenvalue weighted by Crippen LogP contribution is 2.32. The maximum Gasteiger partial charge on any atom is 0.246 e. The van der Waals surface area contributed by atoms with Crippen LogP contribution < -0.4 is 15.4 Å². The summed E-state index contributed by atoms with van der Waals surface area (Å²) in [6.45, 7) is 0.996. The molecule has 2 aliphatic rings. The van der Waals surface area contributed by atoms with Crippen LogP contribution >= 0.6 is 23.1 Å². The molecule has 1 aromatic heterocycles. The van der Waals surface area contributed by atoms with Crippen LogP contribution in [0, 0.1) is 0 Å². The van der Waals surface area contributed by atoms with Crippen LogP contribution in [-0.2, 0) is 14.8 Å². The van der Waals surface area contributed by atoms with Gasteiger partial charge in [0.1, 0.15) is 10.6 Å². The molecule has 0 spiro atoms. The summed E-state index contributed by atoms with van der Waals surface area (Å²) in [6, 6.07) is 5.17. The van der Waals surface area contributed by atoms with Gasteiger partial charge in [0.25, 0.3) is 0 Å². The molecule has 2 N–H and O–H groups in total. The third-order valence-electron chi connectivity index (χ3n) is 5.02. The van der Waals surface area contributed by atoms with Gasteiger partial charge in [0, 0.05) is 24.8 Å². The molecule has 4 rings (SSSR count). The van der Waals surface area contributed by atoms with Gasteiger partial charge in [0.2, 0.25) is 21.1 Å². The molecule has 0 atom stereocenters. The number of hydrogen-bond acceptors (Lipinski definition) is 9. The Kier molecular flexibility index (Phi) is 6.99. The summed E-state index contributed by atoms with van der Waals surface area (Å²) in [6.07, 6.45) is 5.03. The van der Waals surface area contributed by atoms with Crippen LogP contribution in [0.2, 0.25) is 0 Å². The van der Waals surface area contributed by atoms with Crippen molar-refractivity contribution < 1.29 is 17.9 Å². The van der Waals surface area contributed by atoms with Gasteiger partial charge in [-0.3, -0.25) is 4.79 Å². The first kappa shape index (κ1) is 22.3. The highest BCUT2D eigenvalue weighted by Gasteiger charge is 2.29. The highest BCUT2D eigenvalue weighted by atomic mass is 32.2. The molecule has 12 heteroatoms. The lowest BCUT2D eigenvalue weighted by Gasteiger charge is -2.26. The molecular weight excluding hydrogens is 458 g/mol. The van der Waals surface area contributed by atoms with Gasteiger partial charge in [-0.1, -0.05) is 29.5 Å². The van der Waals surface area contributed by atoms with Gasteiger partial charge in [0.05, 0.1) is 12.9 Å². The Bertz CT molecular complexity index is 1030. The van der Waals surface area contributed by atoms with E-state index in [4.69, 9.17) is 4.74 Å². The van der Waals surface area contributed by atoms with Gasteiger partial charge in [0.15, 0.2) is 4.34 Å². The number of nitrogens with zero attached hydrogens (tertiary/aromatic N) is 3. The lowest BCUT2D eigenvalue weighted by molar-refractivity contribution is -0.113. The van der Waals surface area contributed by atoms with Crippen LogP contribution in [0.4, 0.5) is 10.8 Å². The fourth-order valence-corrected chi connectivity index (χ4v) is 6.58. The molecule has 2 fully saturated rings. The number of sulfonamides is 1. The van der Waals surface area contributed by atoms with Gasteiger partial charge < -0.3 is 15.4 Å². The second-order valence-corrected chi connectivity index (χ2v) is 11.6. The topological polar surface area (TPSA) is 114 Å². The number of carbonyl (C=O) groups is 1. The third-order valence-corrected chi connectivity index (χ3v) is 8.93. The van der Waals surface area contributed by atoms with E-state index in [0.29, 0.717) is 29.2 Å². The van der Waals surface area contributed by atoms with Crippen molar-refractivity contribution in [2.24, 2.45) is 0 Å². The number of piperidine rings is 1. The van der Waals surface area contributed by atoms with Crippen LogP contribution in [0.15, 0.2) is 27.4 Å². The molecule has 31 heavy (non-hydrogen) atoms. The maximum atomic E-state index is 13.1. The zero-order chi connectivity index (χ0) is 21.8. The van der Waals surface area contributed by atoms with Gasteiger partial charge in [-0.2, -0.15) is 4.31 Å². The summed E-state index contributed by atoms with van der Waals surface area (Å²) in [5.41, 5.74) is 0.412. The Morgan fingerprint density at radius 2 is 2.03 bits per heavy atom. The van der Waals surface area contributed by atoms with Gasteiger partial charge in [-0.25, -0.2) is 8.42 Å². The first-order chi connectivity index (χ1) is 15.0. The lowest BCUT2D eigenvalue weighted by atomic mass is 10.2. The van der Waals surface area contributed by atoms with E-state index in [1.165, 1.54) is 40.6 Å². The first-order valence-corrected chi connectivity index (χ1v) is 13.4. The summed E-state index contributed by atoms with van der Waals surface area (Å²) in [5, 5.41) is 15.0. The lowest BCUT2D eigenvalue weighted by Crippen LogP contribution is -2.35. The van der Waals surface area contributed by atoms with Crippen LogP contribution in [0.25, 0.3) is 0 Å². The quantitative estimate of drug-likeness (QED) is 0.523. The van der Waals surface area contributed by atoms with Gasteiger partial charge >= 0.3 is 0 Å². The van der Waals surface area contributed by atoms with Crippen molar-refractivity contribution in [1.29, 1.82) is 0 Å². The number of aromatic nitrogens is 2. The number of carbonyl (C=O) groups excluding carboxylic acids is 1. The predicted molar refractivity (Wildman–Crippen MR) is 122 cm³/mol. The molecule has 9 nitrogen and oxygen atoms in total. The molecule has 1 aliphatic carbocycles. The largest absolute Gasteiger partial charge is 0.495 e. The summed E-state index contributed by atoms with van der Waals surface area (Å²) in [7, 11) is -2.25. The van der Waals surface area contributed by atoms with Gasteiger partial charge in [-0.15, -0.1) is 10.2 Å². The number of benzene rings is 1. The molecule has 168 valence electrons. The van der Waals surface area contributed by atoms with Crippen LogP contribution in [0.1, 0.15) is 32.1 Å². The minimum atomic E-state index is -3.69. The van der Waals surface area contributed by atoms with E-state index in [-0.39, 0.29) is 22.3 Å². The third kappa shape index (κ3) is 5.68. The molecular formula is C19H25N5O4S3. The Labute approximate surface area is 190 Å². The number of hydrogen-bond donors (Lipinski definition) is 2. The van der Waals surface area contributed by atoms with Crippen molar-refractivity contribution in [3.8, 4) is 5.75 Å². The maximum absolute atomic E-state index is 13.1. The molecule has 2 heterocycles. The van der Waals surface area contributed by atoms with E-state index in [0.717, 1.165) is 37.2 Å². The van der Waals surface area contributed by atoms with Crippen molar-refractivity contribution in [1.82, 2.24) is 14.5 Å². The Balaban J connectivity index is 1.40. The summed E-state index contributed by atoms with van der Waals surface area (Å²) in [5.74, 6) is 0.170. The summed E-state index contributed by atoms with van der Waals surface area (Å²) < 4.78 is 33.7. The Morgan fingerprint density at radius 3 is 2.74 bits per heavy atom. The number of anilines is 2. The zero-order valence-electron chi connectivity index (χ0n) is 17.2. The van der Waals surface area contributed by atoms with E-state index in [1.807, 2.05) is 0 Å². The molecule has 0 bridgehead atoms. The monoisotopic (exact) mass is 483 g/mol. The molecule has 0 radical (unpaired) electrons. The minimum absolute atomic E-state index is 0.0715. The van der Waals surface area contributed by atoms with Crippen molar-refractivity contribution in [3.05, 3.63) is 18.2 Å². The zero-order valence-corrected chi connectivity index (χ0v) is 19.6. The second-order valence-electron chi connectivity index (χ2n) is 7.46. The minimum Gasteiger partial charge on any atom is -0.495 e. The molecule has 1 saturated heterocycles. The predicted octanol–water partition coefficient (Wildman–Crippen LogP) is 3.03. The van der Waals surface area contributed by atoms with Crippen molar-refractivity contribution in [2.75, 3.05) is 36.6 Å². The number of thioether (sulfide) groups is 1. The molecule has 2 aromatic rings. The number of amides is 1. The average molecular weight is 484 g/mol. The van der Waals surface area contributed by atoms with E-state index in [1.54, 1.807) is 12.1 Å². The van der Waals surface area contributed by atoms with E-state index in [2.05, 4.69) is 20.8 Å². The number of ether oxygens (including phenoxy) is 1. The molecule has 1 saturated carbocycles. The van der Waals surface area contributed by atoms with Crippen molar-refractivity contribution in [3.63, 3.8) is 0 Å². The van der Waals surface area contributed by atoms with Crippen LogP contribution in [0.3, 0.4) is 0 Å². The number of methoxy groups -OCH3 is 1. The smallest absolute Gasteiger partial charge is 0.246 e. The van der Waals surface area contributed by atoms with Crippen LogP contribution in [-0.4, -0.2) is 60.8 Å².